The smallest absolute Gasteiger partial charge is 0.298 e. The number of benzene rings is 1. The minimum absolute atomic E-state index is 0.0955. The zero-order valence-electron chi connectivity index (χ0n) is 9.13. The highest BCUT2D eigenvalue weighted by atomic mass is 35.5. The lowest BCUT2D eigenvalue weighted by atomic mass is 10.2. The van der Waals surface area contributed by atoms with Crippen molar-refractivity contribution < 1.29 is 4.92 Å². The van der Waals surface area contributed by atoms with E-state index >= 15 is 0 Å². The van der Waals surface area contributed by atoms with Crippen molar-refractivity contribution in [3.8, 4) is 5.69 Å². The van der Waals surface area contributed by atoms with Crippen molar-refractivity contribution >= 4 is 17.3 Å². The van der Waals surface area contributed by atoms with Gasteiger partial charge in [0.05, 0.1) is 4.92 Å². The number of imidazole rings is 1. The van der Waals surface area contributed by atoms with Gasteiger partial charge in [-0.2, -0.15) is 0 Å². The van der Waals surface area contributed by atoms with E-state index in [-0.39, 0.29) is 10.7 Å². The average Bonchev–Trinajstić information content (AvgIpc) is 2.75. The molecule has 1 heterocycles. The number of nitro benzene ring substituents is 1. The standard InChI is InChI=1S/C11H10ClN3O2/c1-2-10-13-6-7-14(10)9-5-3-4-8(12)11(9)15(16)17/h3-7H,2H2,1H3. The third kappa shape index (κ3) is 2.01. The van der Waals surface area contributed by atoms with E-state index in [9.17, 15) is 10.1 Å². The Morgan fingerprint density at radius 2 is 2.29 bits per heavy atom. The van der Waals surface area contributed by atoms with Gasteiger partial charge in [-0.25, -0.2) is 4.98 Å². The van der Waals surface area contributed by atoms with E-state index in [2.05, 4.69) is 4.98 Å². The number of aromatic nitrogens is 2. The molecule has 88 valence electrons. The summed E-state index contributed by atoms with van der Waals surface area (Å²) in [5.74, 6) is 0.760. The fraction of sp³-hybridized carbons (Fsp3) is 0.182. The molecule has 0 bridgehead atoms. The summed E-state index contributed by atoms with van der Waals surface area (Å²) < 4.78 is 1.68. The van der Waals surface area contributed by atoms with Gasteiger partial charge in [-0.3, -0.25) is 14.7 Å². The highest BCUT2D eigenvalue weighted by molar-refractivity contribution is 6.33. The van der Waals surface area contributed by atoms with Crippen LogP contribution in [0.25, 0.3) is 5.69 Å². The fourth-order valence-corrected chi connectivity index (χ4v) is 1.93. The summed E-state index contributed by atoms with van der Waals surface area (Å²) in [4.78, 5) is 14.7. The van der Waals surface area contributed by atoms with Gasteiger partial charge in [-0.1, -0.05) is 24.6 Å². The third-order valence-corrected chi connectivity index (χ3v) is 2.75. The molecule has 0 saturated heterocycles. The fourth-order valence-electron chi connectivity index (χ4n) is 1.69. The second-order valence-electron chi connectivity index (χ2n) is 3.43. The first-order chi connectivity index (χ1) is 8.15. The zero-order valence-corrected chi connectivity index (χ0v) is 9.89. The van der Waals surface area contributed by atoms with Gasteiger partial charge >= 0.3 is 5.69 Å². The van der Waals surface area contributed by atoms with E-state index in [1.54, 1.807) is 29.1 Å². The first-order valence-electron chi connectivity index (χ1n) is 5.10. The molecule has 0 radical (unpaired) electrons. The maximum absolute atomic E-state index is 11.0. The maximum atomic E-state index is 11.0. The van der Waals surface area contributed by atoms with Crippen LogP contribution in [0.5, 0.6) is 0 Å². The van der Waals surface area contributed by atoms with E-state index in [1.165, 1.54) is 6.07 Å². The number of hydrogen-bond acceptors (Lipinski definition) is 3. The van der Waals surface area contributed by atoms with Crippen molar-refractivity contribution in [3.05, 3.63) is 51.6 Å². The summed E-state index contributed by atoms with van der Waals surface area (Å²) in [5.41, 5.74) is 0.346. The van der Waals surface area contributed by atoms with E-state index in [0.29, 0.717) is 12.1 Å². The summed E-state index contributed by atoms with van der Waals surface area (Å²) in [7, 11) is 0. The molecule has 5 nitrogen and oxygen atoms in total. The number of nitro groups is 1. The molecule has 2 aromatic rings. The Balaban J connectivity index is 2.67. The second-order valence-corrected chi connectivity index (χ2v) is 3.84. The minimum atomic E-state index is -0.475. The van der Waals surface area contributed by atoms with Crippen molar-refractivity contribution in [1.82, 2.24) is 9.55 Å². The topological polar surface area (TPSA) is 61.0 Å². The van der Waals surface area contributed by atoms with Gasteiger partial charge in [0, 0.05) is 18.8 Å². The average molecular weight is 252 g/mol. The van der Waals surface area contributed by atoms with Crippen LogP contribution < -0.4 is 0 Å². The Bertz CT molecular complexity index is 566. The SMILES string of the molecule is CCc1nccn1-c1cccc(Cl)c1[N+](=O)[O-]. The molecule has 17 heavy (non-hydrogen) atoms. The second kappa shape index (κ2) is 4.55. The van der Waals surface area contributed by atoms with Crippen molar-refractivity contribution in [2.45, 2.75) is 13.3 Å². The molecule has 2 rings (SSSR count). The zero-order chi connectivity index (χ0) is 12.4. The molecular formula is C11H10ClN3O2. The maximum Gasteiger partial charge on any atom is 0.311 e. The van der Waals surface area contributed by atoms with Crippen molar-refractivity contribution in [2.24, 2.45) is 0 Å². The molecule has 0 aliphatic rings. The van der Waals surface area contributed by atoms with Crippen molar-refractivity contribution in [2.75, 3.05) is 0 Å². The highest BCUT2D eigenvalue weighted by Gasteiger charge is 2.20. The van der Waals surface area contributed by atoms with Crippen molar-refractivity contribution in [1.29, 1.82) is 0 Å². The molecule has 0 atom stereocenters. The van der Waals surface area contributed by atoms with E-state index in [4.69, 9.17) is 11.6 Å². The predicted octanol–water partition coefficient (Wildman–Crippen LogP) is 3.00. The van der Waals surface area contributed by atoms with Gasteiger partial charge in [0.15, 0.2) is 0 Å². The van der Waals surface area contributed by atoms with E-state index in [0.717, 1.165) is 5.82 Å². The lowest BCUT2D eigenvalue weighted by Gasteiger charge is -2.07. The molecule has 0 aliphatic heterocycles. The van der Waals surface area contributed by atoms with Gasteiger partial charge in [0.2, 0.25) is 0 Å². The number of aryl methyl sites for hydroxylation is 1. The molecule has 0 unspecified atom stereocenters. The van der Waals surface area contributed by atoms with Crippen LogP contribution in [-0.2, 0) is 6.42 Å². The molecule has 0 saturated carbocycles. The van der Waals surface area contributed by atoms with Crippen LogP contribution >= 0.6 is 11.6 Å². The van der Waals surface area contributed by atoms with Gasteiger partial charge in [-0.15, -0.1) is 0 Å². The van der Waals surface area contributed by atoms with Crippen LogP contribution in [-0.4, -0.2) is 14.5 Å². The minimum Gasteiger partial charge on any atom is -0.298 e. The van der Waals surface area contributed by atoms with Crippen LogP contribution in [0.1, 0.15) is 12.7 Å². The summed E-state index contributed by atoms with van der Waals surface area (Å²) >= 11 is 5.86. The van der Waals surface area contributed by atoms with Crippen LogP contribution in [0.4, 0.5) is 5.69 Å². The van der Waals surface area contributed by atoms with Crippen LogP contribution in [0.15, 0.2) is 30.6 Å². The summed E-state index contributed by atoms with van der Waals surface area (Å²) in [6, 6.07) is 4.85. The molecule has 6 heteroatoms. The molecule has 0 amide bonds. The molecule has 0 N–H and O–H groups in total. The summed E-state index contributed by atoms with van der Waals surface area (Å²) in [6.07, 6.45) is 4.00. The molecular weight excluding hydrogens is 242 g/mol. The Morgan fingerprint density at radius 3 is 2.94 bits per heavy atom. The molecule has 1 aromatic heterocycles. The molecule has 0 fully saturated rings. The van der Waals surface area contributed by atoms with Crippen LogP contribution in [0, 0.1) is 10.1 Å². The van der Waals surface area contributed by atoms with E-state index in [1.807, 2.05) is 6.92 Å². The largest absolute Gasteiger partial charge is 0.311 e. The Morgan fingerprint density at radius 1 is 1.53 bits per heavy atom. The van der Waals surface area contributed by atoms with Gasteiger partial charge in [-0.05, 0) is 12.1 Å². The lowest BCUT2D eigenvalue weighted by Crippen LogP contribution is -2.03. The normalized spacial score (nSPS) is 10.5. The first kappa shape index (κ1) is 11.6. The van der Waals surface area contributed by atoms with Gasteiger partial charge in [0.25, 0.3) is 0 Å². The Labute approximate surface area is 103 Å². The van der Waals surface area contributed by atoms with Crippen LogP contribution in [0.2, 0.25) is 5.02 Å². The predicted molar refractivity (Wildman–Crippen MR) is 64.6 cm³/mol. The quantitative estimate of drug-likeness (QED) is 0.622. The number of para-hydroxylation sites is 1. The number of nitrogens with zero attached hydrogens (tertiary/aromatic N) is 3. The monoisotopic (exact) mass is 251 g/mol. The van der Waals surface area contributed by atoms with E-state index < -0.39 is 4.92 Å². The summed E-state index contributed by atoms with van der Waals surface area (Å²) in [6.45, 7) is 1.94. The summed E-state index contributed by atoms with van der Waals surface area (Å²) in [5, 5.41) is 11.2. The highest BCUT2D eigenvalue weighted by Crippen LogP contribution is 2.31. The van der Waals surface area contributed by atoms with Crippen LogP contribution in [0.3, 0.4) is 0 Å². The first-order valence-corrected chi connectivity index (χ1v) is 5.48. The Hall–Kier alpha value is -1.88. The number of rotatable bonds is 3. The van der Waals surface area contributed by atoms with Gasteiger partial charge in [0.1, 0.15) is 16.5 Å². The molecule has 1 aromatic carbocycles. The Kier molecular flexibility index (Phi) is 3.10. The number of halogens is 1. The van der Waals surface area contributed by atoms with Gasteiger partial charge < -0.3 is 0 Å². The lowest BCUT2D eigenvalue weighted by molar-refractivity contribution is -0.384. The molecule has 0 spiro atoms. The number of hydrogen-bond donors (Lipinski definition) is 0. The third-order valence-electron chi connectivity index (χ3n) is 2.44. The van der Waals surface area contributed by atoms with Crippen molar-refractivity contribution in [3.63, 3.8) is 0 Å². The molecule has 0 aliphatic carbocycles.